The van der Waals surface area contributed by atoms with E-state index >= 15 is 0 Å². The van der Waals surface area contributed by atoms with Gasteiger partial charge in [0.15, 0.2) is 0 Å². The molecular weight excluding hydrogens is 384 g/mol. The van der Waals surface area contributed by atoms with Gasteiger partial charge in [-0.3, -0.25) is 4.79 Å². The first-order chi connectivity index (χ1) is 13.8. The lowest BCUT2D eigenvalue weighted by Gasteiger charge is -2.39. The SMILES string of the molecule is CC1(C)CC2=C(CC1=O)C(c1ccc(Cl)cc1)c1c(ccc3ccc(O)cc13)O2. The Hall–Kier alpha value is -2.78. The molecule has 0 aromatic heterocycles. The normalized spacial score (nSPS) is 20.2. The number of phenols is 1. The van der Waals surface area contributed by atoms with Crippen molar-refractivity contribution in [3.63, 3.8) is 0 Å². The van der Waals surface area contributed by atoms with E-state index in [2.05, 4.69) is 0 Å². The molecule has 1 aliphatic carbocycles. The monoisotopic (exact) mass is 404 g/mol. The van der Waals surface area contributed by atoms with Crippen LogP contribution >= 0.6 is 11.6 Å². The topological polar surface area (TPSA) is 46.5 Å². The minimum atomic E-state index is -0.435. The van der Waals surface area contributed by atoms with Crippen LogP contribution in [-0.4, -0.2) is 10.9 Å². The van der Waals surface area contributed by atoms with Gasteiger partial charge < -0.3 is 9.84 Å². The fourth-order valence-electron chi connectivity index (χ4n) is 4.52. The highest BCUT2D eigenvalue weighted by Crippen LogP contribution is 2.52. The smallest absolute Gasteiger partial charge is 0.143 e. The van der Waals surface area contributed by atoms with Gasteiger partial charge in [-0.05, 0) is 52.2 Å². The third kappa shape index (κ3) is 2.92. The van der Waals surface area contributed by atoms with Gasteiger partial charge >= 0.3 is 0 Å². The third-order valence-electron chi connectivity index (χ3n) is 6.15. The molecule has 29 heavy (non-hydrogen) atoms. The van der Waals surface area contributed by atoms with Crippen molar-refractivity contribution >= 4 is 28.2 Å². The summed E-state index contributed by atoms with van der Waals surface area (Å²) in [7, 11) is 0. The zero-order valence-electron chi connectivity index (χ0n) is 16.3. The molecule has 3 aromatic carbocycles. The molecule has 5 rings (SSSR count). The van der Waals surface area contributed by atoms with Gasteiger partial charge in [-0.1, -0.05) is 49.7 Å². The molecule has 1 aliphatic heterocycles. The highest BCUT2D eigenvalue weighted by atomic mass is 35.5. The first-order valence-electron chi connectivity index (χ1n) is 9.78. The van der Waals surface area contributed by atoms with Crippen molar-refractivity contribution in [1.82, 2.24) is 0 Å². The van der Waals surface area contributed by atoms with E-state index in [1.807, 2.05) is 56.3 Å². The first-order valence-corrected chi connectivity index (χ1v) is 10.2. The number of ether oxygens (including phenoxy) is 1. The van der Waals surface area contributed by atoms with Gasteiger partial charge in [0.1, 0.15) is 23.0 Å². The molecule has 0 spiro atoms. The van der Waals surface area contributed by atoms with E-state index in [1.165, 1.54) is 0 Å². The molecule has 3 aromatic rings. The number of benzene rings is 3. The Morgan fingerprint density at radius 3 is 2.55 bits per heavy atom. The van der Waals surface area contributed by atoms with E-state index in [4.69, 9.17) is 16.3 Å². The highest BCUT2D eigenvalue weighted by molar-refractivity contribution is 6.30. The van der Waals surface area contributed by atoms with Crippen molar-refractivity contribution in [2.75, 3.05) is 0 Å². The van der Waals surface area contributed by atoms with Crippen LogP contribution < -0.4 is 4.74 Å². The Bertz CT molecular complexity index is 1190. The summed E-state index contributed by atoms with van der Waals surface area (Å²) in [6.07, 6.45) is 0.951. The Balaban J connectivity index is 1.80. The standard InChI is InChI=1S/C25H21ClO3/c1-25(2)13-21-19(12-22(25)28)23(15-3-7-16(26)8-4-15)24-18-11-17(27)9-5-14(18)6-10-20(24)29-21/h3-11,23,27H,12-13H2,1-2H3. The molecule has 0 saturated heterocycles. The largest absolute Gasteiger partial charge is 0.508 e. The van der Waals surface area contributed by atoms with E-state index < -0.39 is 5.41 Å². The van der Waals surface area contributed by atoms with Gasteiger partial charge in [0, 0.05) is 34.8 Å². The van der Waals surface area contributed by atoms with Crippen LogP contribution in [0.2, 0.25) is 5.02 Å². The molecular formula is C25H21ClO3. The molecule has 0 amide bonds. The first kappa shape index (κ1) is 18.3. The quantitative estimate of drug-likeness (QED) is 0.512. The van der Waals surface area contributed by atoms with Gasteiger partial charge in [-0.25, -0.2) is 0 Å². The lowest BCUT2D eigenvalue weighted by Crippen LogP contribution is -2.34. The van der Waals surface area contributed by atoms with Gasteiger partial charge in [0.25, 0.3) is 0 Å². The second-order valence-corrected chi connectivity index (χ2v) is 9.01. The highest BCUT2D eigenvalue weighted by Gasteiger charge is 2.42. The molecule has 0 bridgehead atoms. The van der Waals surface area contributed by atoms with Crippen LogP contribution in [0.3, 0.4) is 0 Å². The Morgan fingerprint density at radius 1 is 1.07 bits per heavy atom. The predicted octanol–water partition coefficient (Wildman–Crippen LogP) is 6.37. The Labute approximate surface area is 174 Å². The van der Waals surface area contributed by atoms with Crippen LogP contribution in [0.5, 0.6) is 11.5 Å². The lowest BCUT2D eigenvalue weighted by molar-refractivity contribution is -0.127. The van der Waals surface area contributed by atoms with Crippen molar-refractivity contribution in [2.24, 2.45) is 5.41 Å². The van der Waals surface area contributed by atoms with Gasteiger partial charge in [-0.2, -0.15) is 0 Å². The van der Waals surface area contributed by atoms with Gasteiger partial charge in [0.05, 0.1) is 0 Å². The molecule has 4 heteroatoms. The summed E-state index contributed by atoms with van der Waals surface area (Å²) in [6.45, 7) is 3.96. The number of fused-ring (bicyclic) bond motifs is 3. The van der Waals surface area contributed by atoms with Crippen molar-refractivity contribution < 1.29 is 14.6 Å². The fourth-order valence-corrected chi connectivity index (χ4v) is 4.64. The molecule has 3 nitrogen and oxygen atoms in total. The lowest BCUT2D eigenvalue weighted by atomic mass is 9.69. The maximum atomic E-state index is 12.9. The number of ketones is 1. The maximum absolute atomic E-state index is 12.9. The summed E-state index contributed by atoms with van der Waals surface area (Å²) in [5.41, 5.74) is 2.64. The molecule has 1 heterocycles. The number of aromatic hydroxyl groups is 1. The van der Waals surface area contributed by atoms with E-state index in [0.29, 0.717) is 17.9 Å². The minimum absolute atomic E-state index is 0.114. The minimum Gasteiger partial charge on any atom is -0.508 e. The zero-order valence-corrected chi connectivity index (χ0v) is 17.1. The molecule has 0 fully saturated rings. The Kier molecular flexibility index (Phi) is 4.01. The summed E-state index contributed by atoms with van der Waals surface area (Å²) in [5.74, 6) is 2.00. The number of allylic oxidation sites excluding steroid dienone is 2. The maximum Gasteiger partial charge on any atom is 0.143 e. The van der Waals surface area contributed by atoms with Crippen molar-refractivity contribution in [3.05, 3.63) is 82.1 Å². The number of carbonyl (C=O) groups excluding carboxylic acids is 1. The summed E-state index contributed by atoms with van der Waals surface area (Å²) in [6, 6.07) is 17.2. The van der Waals surface area contributed by atoms with E-state index in [0.717, 1.165) is 39.0 Å². The summed E-state index contributed by atoms with van der Waals surface area (Å²) >= 11 is 6.14. The van der Waals surface area contributed by atoms with Crippen LogP contribution in [0, 0.1) is 5.41 Å². The molecule has 2 aliphatic rings. The van der Waals surface area contributed by atoms with E-state index in [-0.39, 0.29) is 17.5 Å². The fraction of sp³-hybridized carbons (Fsp3) is 0.240. The number of hydrogen-bond acceptors (Lipinski definition) is 3. The summed E-state index contributed by atoms with van der Waals surface area (Å²) < 4.78 is 6.36. The van der Waals surface area contributed by atoms with Crippen molar-refractivity contribution in [2.45, 2.75) is 32.6 Å². The van der Waals surface area contributed by atoms with Crippen LogP contribution in [0.1, 0.15) is 43.7 Å². The molecule has 146 valence electrons. The molecule has 1 N–H and O–H groups in total. The molecule has 1 unspecified atom stereocenters. The van der Waals surface area contributed by atoms with Crippen LogP contribution in [0.4, 0.5) is 0 Å². The molecule has 1 atom stereocenters. The van der Waals surface area contributed by atoms with E-state index in [9.17, 15) is 9.90 Å². The number of rotatable bonds is 1. The third-order valence-corrected chi connectivity index (χ3v) is 6.40. The van der Waals surface area contributed by atoms with Crippen LogP contribution in [0.25, 0.3) is 10.8 Å². The van der Waals surface area contributed by atoms with Crippen molar-refractivity contribution in [1.29, 1.82) is 0 Å². The number of halogens is 1. The average molecular weight is 405 g/mol. The Morgan fingerprint density at radius 2 is 1.79 bits per heavy atom. The number of Topliss-reactive ketones (excluding diaryl/α,β-unsaturated/α-hetero) is 1. The van der Waals surface area contributed by atoms with Crippen LogP contribution in [0.15, 0.2) is 65.9 Å². The molecule has 0 saturated carbocycles. The number of hydrogen-bond donors (Lipinski definition) is 1. The van der Waals surface area contributed by atoms with Gasteiger partial charge in [0.2, 0.25) is 0 Å². The second kappa shape index (κ2) is 6.36. The predicted molar refractivity (Wildman–Crippen MR) is 115 cm³/mol. The zero-order chi connectivity index (χ0) is 20.3. The van der Waals surface area contributed by atoms with Gasteiger partial charge in [-0.15, -0.1) is 0 Å². The summed E-state index contributed by atoms with van der Waals surface area (Å²) in [4.78, 5) is 12.9. The van der Waals surface area contributed by atoms with Crippen LogP contribution in [-0.2, 0) is 4.79 Å². The molecule has 0 radical (unpaired) electrons. The van der Waals surface area contributed by atoms with Crippen molar-refractivity contribution in [3.8, 4) is 11.5 Å². The number of phenolic OH excluding ortho intramolecular Hbond substituents is 1. The number of carbonyl (C=O) groups is 1. The average Bonchev–Trinajstić information content (AvgIpc) is 2.68. The van der Waals surface area contributed by atoms with E-state index in [1.54, 1.807) is 12.1 Å². The second-order valence-electron chi connectivity index (χ2n) is 8.58. The summed E-state index contributed by atoms with van der Waals surface area (Å²) in [5, 5.41) is 12.8.